The first kappa shape index (κ1) is 16.7. The van der Waals surface area contributed by atoms with E-state index in [-0.39, 0.29) is 12.4 Å². The fourth-order valence-electron chi connectivity index (χ4n) is 2.01. The van der Waals surface area contributed by atoms with Crippen LogP contribution in [0.25, 0.3) is 0 Å². The number of carbonyl (C=O) groups excluding carboxylic acids is 1. The quantitative estimate of drug-likeness (QED) is 0.777. The topological polar surface area (TPSA) is 46.5 Å². The van der Waals surface area contributed by atoms with Gasteiger partial charge in [0.05, 0.1) is 6.10 Å². The van der Waals surface area contributed by atoms with Gasteiger partial charge >= 0.3 is 5.97 Å². The first-order chi connectivity index (χ1) is 9.37. The lowest BCUT2D eigenvalue weighted by molar-refractivity contribution is -0.155. The molecule has 0 radical (unpaired) electrons. The van der Waals surface area contributed by atoms with Crippen molar-refractivity contribution in [3.63, 3.8) is 0 Å². The molecule has 1 atom stereocenters. The molecule has 0 amide bonds. The molecule has 0 aromatic heterocycles. The predicted molar refractivity (Wildman–Crippen MR) is 80.5 cm³/mol. The van der Waals surface area contributed by atoms with Gasteiger partial charge in [0.2, 0.25) is 0 Å². The summed E-state index contributed by atoms with van der Waals surface area (Å²) in [6.45, 7) is 5.55. The standard InChI is InChI=1S/C17H26O3/c1-17(2,3)20-16(19)13-12-15(18)11-7-10-14-8-5-4-6-9-14/h4-6,8-9,15,18H,7,10-13H2,1-3H3/t15-/m1/s1. The summed E-state index contributed by atoms with van der Waals surface area (Å²) in [6, 6.07) is 10.2. The zero-order valence-electron chi connectivity index (χ0n) is 12.8. The zero-order valence-corrected chi connectivity index (χ0v) is 12.8. The van der Waals surface area contributed by atoms with Crippen molar-refractivity contribution in [3.8, 4) is 0 Å². The van der Waals surface area contributed by atoms with Crippen LogP contribution in [0.4, 0.5) is 0 Å². The van der Waals surface area contributed by atoms with Crippen LogP contribution in [0.2, 0.25) is 0 Å². The first-order valence-electron chi connectivity index (χ1n) is 7.30. The molecule has 1 N–H and O–H groups in total. The summed E-state index contributed by atoms with van der Waals surface area (Å²) in [4.78, 5) is 11.5. The Labute approximate surface area is 122 Å². The molecule has 0 fully saturated rings. The Morgan fingerprint density at radius 1 is 1.20 bits per heavy atom. The molecule has 3 heteroatoms. The number of benzene rings is 1. The third kappa shape index (κ3) is 7.95. The Bertz CT molecular complexity index is 392. The van der Waals surface area contributed by atoms with E-state index in [4.69, 9.17) is 4.74 Å². The van der Waals surface area contributed by atoms with Crippen molar-refractivity contribution in [2.24, 2.45) is 0 Å². The van der Waals surface area contributed by atoms with Gasteiger partial charge in [-0.3, -0.25) is 4.79 Å². The monoisotopic (exact) mass is 278 g/mol. The maximum atomic E-state index is 11.5. The molecule has 0 bridgehead atoms. The van der Waals surface area contributed by atoms with E-state index in [9.17, 15) is 9.90 Å². The van der Waals surface area contributed by atoms with Gasteiger partial charge in [0.15, 0.2) is 0 Å². The SMILES string of the molecule is CC(C)(C)OC(=O)CC[C@H](O)CCCc1ccccc1. The molecule has 0 unspecified atom stereocenters. The minimum atomic E-state index is -0.449. The van der Waals surface area contributed by atoms with E-state index >= 15 is 0 Å². The van der Waals surface area contributed by atoms with Crippen molar-refractivity contribution < 1.29 is 14.6 Å². The number of rotatable bonds is 7. The molecule has 0 heterocycles. The van der Waals surface area contributed by atoms with Gasteiger partial charge in [-0.2, -0.15) is 0 Å². The van der Waals surface area contributed by atoms with E-state index in [1.807, 2.05) is 39.0 Å². The minimum Gasteiger partial charge on any atom is -0.460 e. The zero-order chi connectivity index (χ0) is 15.0. The maximum absolute atomic E-state index is 11.5. The predicted octanol–water partition coefficient (Wildman–Crippen LogP) is 3.49. The molecule has 112 valence electrons. The van der Waals surface area contributed by atoms with Crippen molar-refractivity contribution in [1.29, 1.82) is 0 Å². The average Bonchev–Trinajstić information content (AvgIpc) is 2.36. The summed E-state index contributed by atoms with van der Waals surface area (Å²) >= 11 is 0. The van der Waals surface area contributed by atoms with Crippen LogP contribution in [0, 0.1) is 0 Å². The van der Waals surface area contributed by atoms with E-state index < -0.39 is 11.7 Å². The number of hydrogen-bond donors (Lipinski definition) is 1. The van der Waals surface area contributed by atoms with E-state index in [2.05, 4.69) is 12.1 Å². The summed E-state index contributed by atoms with van der Waals surface area (Å²) in [6.07, 6.45) is 2.95. The lowest BCUT2D eigenvalue weighted by atomic mass is 10.0. The minimum absolute atomic E-state index is 0.236. The second-order valence-corrected chi connectivity index (χ2v) is 6.16. The number of esters is 1. The van der Waals surface area contributed by atoms with Gasteiger partial charge in [0, 0.05) is 6.42 Å². The lowest BCUT2D eigenvalue weighted by Crippen LogP contribution is -2.24. The molecule has 1 aromatic rings. The van der Waals surface area contributed by atoms with Crippen molar-refractivity contribution in [1.82, 2.24) is 0 Å². The van der Waals surface area contributed by atoms with Crippen LogP contribution in [-0.2, 0) is 16.0 Å². The molecule has 0 aliphatic heterocycles. The summed E-state index contributed by atoms with van der Waals surface area (Å²) < 4.78 is 5.21. The van der Waals surface area contributed by atoms with Gasteiger partial charge in [0.1, 0.15) is 5.60 Å². The lowest BCUT2D eigenvalue weighted by Gasteiger charge is -2.20. The van der Waals surface area contributed by atoms with E-state index in [1.54, 1.807) is 0 Å². The highest BCUT2D eigenvalue weighted by molar-refractivity contribution is 5.69. The van der Waals surface area contributed by atoms with Gasteiger partial charge in [0.25, 0.3) is 0 Å². The maximum Gasteiger partial charge on any atom is 0.306 e. The van der Waals surface area contributed by atoms with Crippen LogP contribution in [0.3, 0.4) is 0 Å². The fraction of sp³-hybridized carbons (Fsp3) is 0.588. The number of ether oxygens (including phenoxy) is 1. The highest BCUT2D eigenvalue weighted by atomic mass is 16.6. The molecular weight excluding hydrogens is 252 g/mol. The average molecular weight is 278 g/mol. The van der Waals surface area contributed by atoms with Gasteiger partial charge in [-0.15, -0.1) is 0 Å². The van der Waals surface area contributed by atoms with Crippen molar-refractivity contribution in [2.45, 2.75) is 64.6 Å². The molecule has 1 aromatic carbocycles. The highest BCUT2D eigenvalue weighted by Crippen LogP contribution is 2.13. The van der Waals surface area contributed by atoms with Crippen molar-refractivity contribution in [3.05, 3.63) is 35.9 Å². The Morgan fingerprint density at radius 3 is 2.45 bits per heavy atom. The van der Waals surface area contributed by atoms with E-state index in [0.717, 1.165) is 19.3 Å². The summed E-state index contributed by atoms with van der Waals surface area (Å²) in [5.41, 5.74) is 0.835. The molecule has 0 spiro atoms. The van der Waals surface area contributed by atoms with Crippen LogP contribution in [0.15, 0.2) is 30.3 Å². The Hall–Kier alpha value is -1.35. The third-order valence-electron chi connectivity index (χ3n) is 2.95. The van der Waals surface area contributed by atoms with Crippen molar-refractivity contribution in [2.75, 3.05) is 0 Å². The number of hydrogen-bond acceptors (Lipinski definition) is 3. The Morgan fingerprint density at radius 2 is 1.85 bits per heavy atom. The van der Waals surface area contributed by atoms with Crippen LogP contribution >= 0.6 is 0 Å². The summed E-state index contributed by atoms with van der Waals surface area (Å²) in [7, 11) is 0. The summed E-state index contributed by atoms with van der Waals surface area (Å²) in [5.74, 6) is -0.236. The van der Waals surface area contributed by atoms with Crippen molar-refractivity contribution >= 4 is 5.97 Å². The number of aliphatic hydroxyl groups is 1. The van der Waals surface area contributed by atoms with Gasteiger partial charge < -0.3 is 9.84 Å². The number of aliphatic hydroxyl groups excluding tert-OH is 1. The molecule has 1 rings (SSSR count). The first-order valence-corrected chi connectivity index (χ1v) is 7.30. The van der Waals surface area contributed by atoms with Gasteiger partial charge in [-0.1, -0.05) is 30.3 Å². The smallest absolute Gasteiger partial charge is 0.306 e. The Kier molecular flexibility index (Phi) is 6.73. The normalized spacial score (nSPS) is 13.0. The van der Waals surface area contributed by atoms with Crippen LogP contribution < -0.4 is 0 Å². The fourth-order valence-corrected chi connectivity index (χ4v) is 2.01. The van der Waals surface area contributed by atoms with E-state index in [1.165, 1.54) is 5.56 Å². The number of aryl methyl sites for hydroxylation is 1. The highest BCUT2D eigenvalue weighted by Gasteiger charge is 2.17. The largest absolute Gasteiger partial charge is 0.460 e. The van der Waals surface area contributed by atoms with Crippen LogP contribution in [0.1, 0.15) is 52.0 Å². The number of carbonyl (C=O) groups is 1. The molecule has 20 heavy (non-hydrogen) atoms. The second kappa shape index (κ2) is 8.05. The van der Waals surface area contributed by atoms with Crippen LogP contribution in [-0.4, -0.2) is 22.8 Å². The summed E-state index contributed by atoms with van der Waals surface area (Å²) in [5, 5.41) is 9.87. The molecule has 0 saturated heterocycles. The Balaban J connectivity index is 2.14. The molecule has 3 nitrogen and oxygen atoms in total. The molecule has 0 saturated carbocycles. The molecule has 0 aliphatic carbocycles. The van der Waals surface area contributed by atoms with Crippen LogP contribution in [0.5, 0.6) is 0 Å². The molecular formula is C17H26O3. The van der Waals surface area contributed by atoms with Gasteiger partial charge in [-0.25, -0.2) is 0 Å². The molecule has 0 aliphatic rings. The third-order valence-corrected chi connectivity index (χ3v) is 2.95. The van der Waals surface area contributed by atoms with E-state index in [0.29, 0.717) is 6.42 Å². The second-order valence-electron chi connectivity index (χ2n) is 6.16. The van der Waals surface area contributed by atoms with Gasteiger partial charge in [-0.05, 0) is 52.0 Å².